The lowest BCUT2D eigenvalue weighted by Crippen LogP contribution is -2.39. The Morgan fingerprint density at radius 2 is 1.96 bits per heavy atom. The summed E-state index contributed by atoms with van der Waals surface area (Å²) in [7, 11) is 1.22. The standard InChI is InChI=1S/C21H22FNO4/c1-26-20(24)18-10-9-16(12-19(18)22)17-8-5-11-23(13-17)21(25)27-14-15-6-3-2-4-7-15/h2-4,6-7,9-10,12,17H,5,8,11,13-14H2,1H3. The second kappa shape index (κ2) is 8.66. The SMILES string of the molecule is COC(=O)c1ccc(C2CCCN(C(=O)OCc3ccccc3)C2)cc1F. The predicted octanol–water partition coefficient (Wildman–Crippen LogP) is 4.13. The predicted molar refractivity (Wildman–Crippen MR) is 97.9 cm³/mol. The van der Waals surface area contributed by atoms with Gasteiger partial charge < -0.3 is 14.4 Å². The lowest BCUT2D eigenvalue weighted by atomic mass is 9.90. The first-order valence-corrected chi connectivity index (χ1v) is 8.92. The lowest BCUT2D eigenvalue weighted by Gasteiger charge is -2.32. The number of amides is 1. The van der Waals surface area contributed by atoms with Crippen LogP contribution in [-0.2, 0) is 16.1 Å². The van der Waals surface area contributed by atoms with Crippen LogP contribution in [0.1, 0.15) is 40.2 Å². The highest BCUT2D eigenvalue weighted by atomic mass is 19.1. The Morgan fingerprint density at radius 1 is 1.19 bits per heavy atom. The molecule has 142 valence electrons. The van der Waals surface area contributed by atoms with Gasteiger partial charge in [0.25, 0.3) is 0 Å². The maximum Gasteiger partial charge on any atom is 0.410 e. The number of carbonyl (C=O) groups is 2. The van der Waals surface area contributed by atoms with Crippen LogP contribution in [0.3, 0.4) is 0 Å². The van der Waals surface area contributed by atoms with E-state index in [4.69, 9.17) is 4.74 Å². The molecule has 2 aromatic carbocycles. The van der Waals surface area contributed by atoms with E-state index in [1.54, 1.807) is 11.0 Å². The van der Waals surface area contributed by atoms with Crippen LogP contribution in [0.2, 0.25) is 0 Å². The van der Waals surface area contributed by atoms with Crippen LogP contribution < -0.4 is 0 Å². The molecule has 0 N–H and O–H groups in total. The number of hydrogen-bond donors (Lipinski definition) is 0. The number of hydrogen-bond acceptors (Lipinski definition) is 4. The molecule has 6 heteroatoms. The number of esters is 1. The van der Waals surface area contributed by atoms with Gasteiger partial charge in [-0.2, -0.15) is 0 Å². The van der Waals surface area contributed by atoms with E-state index in [2.05, 4.69) is 4.74 Å². The molecule has 5 nitrogen and oxygen atoms in total. The van der Waals surface area contributed by atoms with E-state index in [-0.39, 0.29) is 24.2 Å². The zero-order chi connectivity index (χ0) is 19.2. The quantitative estimate of drug-likeness (QED) is 0.759. The third-order valence-corrected chi connectivity index (χ3v) is 4.75. The monoisotopic (exact) mass is 371 g/mol. The molecule has 0 aliphatic carbocycles. The summed E-state index contributed by atoms with van der Waals surface area (Å²) < 4.78 is 24.2. The minimum atomic E-state index is -0.700. The van der Waals surface area contributed by atoms with Crippen LogP contribution in [0, 0.1) is 5.82 Å². The fraction of sp³-hybridized carbons (Fsp3) is 0.333. The van der Waals surface area contributed by atoms with Gasteiger partial charge in [-0.05, 0) is 36.1 Å². The molecule has 0 aromatic heterocycles. The van der Waals surface area contributed by atoms with Crippen LogP contribution in [0.5, 0.6) is 0 Å². The average Bonchev–Trinajstić information content (AvgIpc) is 2.72. The first-order valence-electron chi connectivity index (χ1n) is 8.92. The number of carbonyl (C=O) groups excluding carboxylic acids is 2. The minimum Gasteiger partial charge on any atom is -0.465 e. The number of halogens is 1. The maximum atomic E-state index is 14.2. The summed E-state index contributed by atoms with van der Waals surface area (Å²) in [5.74, 6) is -1.30. The summed E-state index contributed by atoms with van der Waals surface area (Å²) in [6.07, 6.45) is 1.29. The van der Waals surface area contributed by atoms with Gasteiger partial charge in [0.1, 0.15) is 12.4 Å². The van der Waals surface area contributed by atoms with Crippen molar-refractivity contribution in [3.05, 3.63) is 71.0 Å². The van der Waals surface area contributed by atoms with Crippen molar-refractivity contribution in [3.63, 3.8) is 0 Å². The molecule has 0 radical (unpaired) electrons. The topological polar surface area (TPSA) is 55.8 Å². The Hall–Kier alpha value is -2.89. The third-order valence-electron chi connectivity index (χ3n) is 4.75. The van der Waals surface area contributed by atoms with Crippen molar-refractivity contribution in [2.75, 3.05) is 20.2 Å². The van der Waals surface area contributed by atoms with Crippen molar-refractivity contribution in [2.45, 2.75) is 25.4 Å². The molecule has 0 saturated carbocycles. The molecular weight excluding hydrogens is 349 g/mol. The number of benzene rings is 2. The van der Waals surface area contributed by atoms with E-state index in [0.717, 1.165) is 24.0 Å². The number of rotatable bonds is 4. The summed E-state index contributed by atoms with van der Waals surface area (Å²) in [5.41, 5.74) is 1.61. The zero-order valence-corrected chi connectivity index (χ0v) is 15.2. The van der Waals surface area contributed by atoms with Crippen molar-refractivity contribution >= 4 is 12.1 Å². The van der Waals surface area contributed by atoms with E-state index >= 15 is 0 Å². The summed E-state index contributed by atoms with van der Waals surface area (Å²) >= 11 is 0. The van der Waals surface area contributed by atoms with Crippen molar-refractivity contribution in [1.82, 2.24) is 4.90 Å². The van der Waals surface area contributed by atoms with Gasteiger partial charge in [-0.15, -0.1) is 0 Å². The van der Waals surface area contributed by atoms with Crippen molar-refractivity contribution < 1.29 is 23.5 Å². The molecule has 0 spiro atoms. The Morgan fingerprint density at radius 3 is 2.67 bits per heavy atom. The van der Waals surface area contributed by atoms with Gasteiger partial charge in [-0.25, -0.2) is 14.0 Å². The van der Waals surface area contributed by atoms with Gasteiger partial charge in [-0.1, -0.05) is 36.4 Å². The molecule has 1 fully saturated rings. The Balaban J connectivity index is 1.62. The van der Waals surface area contributed by atoms with E-state index in [1.165, 1.54) is 19.2 Å². The van der Waals surface area contributed by atoms with Crippen molar-refractivity contribution in [1.29, 1.82) is 0 Å². The molecular formula is C21H22FNO4. The largest absolute Gasteiger partial charge is 0.465 e. The first kappa shape index (κ1) is 18.9. The second-order valence-corrected chi connectivity index (χ2v) is 6.56. The maximum absolute atomic E-state index is 14.2. The van der Waals surface area contributed by atoms with E-state index in [9.17, 15) is 14.0 Å². The average molecular weight is 371 g/mol. The van der Waals surface area contributed by atoms with Crippen LogP contribution in [-0.4, -0.2) is 37.2 Å². The van der Waals surface area contributed by atoms with Crippen LogP contribution in [0.15, 0.2) is 48.5 Å². The Bertz CT molecular complexity index is 809. The minimum absolute atomic E-state index is 0.00391. The number of methoxy groups -OCH3 is 1. The molecule has 1 atom stereocenters. The molecule has 1 unspecified atom stereocenters. The molecule has 0 bridgehead atoms. The van der Waals surface area contributed by atoms with Gasteiger partial charge in [0.05, 0.1) is 12.7 Å². The highest BCUT2D eigenvalue weighted by Crippen LogP contribution is 2.28. The Kier molecular flexibility index (Phi) is 6.06. The fourth-order valence-electron chi connectivity index (χ4n) is 3.29. The van der Waals surface area contributed by atoms with Crippen LogP contribution in [0.4, 0.5) is 9.18 Å². The number of nitrogens with zero attached hydrogens (tertiary/aromatic N) is 1. The van der Waals surface area contributed by atoms with E-state index in [1.807, 2.05) is 30.3 Å². The summed E-state index contributed by atoms with van der Waals surface area (Å²) in [4.78, 5) is 25.5. The van der Waals surface area contributed by atoms with Gasteiger partial charge in [0.15, 0.2) is 0 Å². The zero-order valence-electron chi connectivity index (χ0n) is 15.2. The normalized spacial score (nSPS) is 16.7. The molecule has 1 saturated heterocycles. The Labute approximate surface area is 157 Å². The summed E-state index contributed by atoms with van der Waals surface area (Å²) in [5, 5.41) is 0. The molecule has 1 amide bonds. The van der Waals surface area contributed by atoms with Crippen molar-refractivity contribution in [3.8, 4) is 0 Å². The first-order chi connectivity index (χ1) is 13.1. The fourth-order valence-corrected chi connectivity index (χ4v) is 3.29. The van der Waals surface area contributed by atoms with E-state index < -0.39 is 11.8 Å². The molecule has 1 aliphatic rings. The number of ether oxygens (including phenoxy) is 2. The second-order valence-electron chi connectivity index (χ2n) is 6.56. The highest BCUT2D eigenvalue weighted by molar-refractivity contribution is 5.89. The van der Waals surface area contributed by atoms with Gasteiger partial charge in [-0.3, -0.25) is 0 Å². The summed E-state index contributed by atoms with van der Waals surface area (Å²) in [6, 6.07) is 14.0. The highest BCUT2D eigenvalue weighted by Gasteiger charge is 2.26. The molecule has 2 aromatic rings. The number of likely N-dealkylation sites (tertiary alicyclic amines) is 1. The third kappa shape index (κ3) is 4.64. The smallest absolute Gasteiger partial charge is 0.410 e. The molecule has 1 aliphatic heterocycles. The van der Waals surface area contributed by atoms with Crippen LogP contribution in [0.25, 0.3) is 0 Å². The van der Waals surface area contributed by atoms with E-state index in [0.29, 0.717) is 13.1 Å². The lowest BCUT2D eigenvalue weighted by molar-refractivity contribution is 0.0595. The van der Waals surface area contributed by atoms with Gasteiger partial charge >= 0.3 is 12.1 Å². The molecule has 1 heterocycles. The summed E-state index contributed by atoms with van der Waals surface area (Å²) in [6.45, 7) is 1.31. The van der Waals surface area contributed by atoms with Crippen molar-refractivity contribution in [2.24, 2.45) is 0 Å². The molecule has 27 heavy (non-hydrogen) atoms. The molecule has 3 rings (SSSR count). The van der Waals surface area contributed by atoms with Gasteiger partial charge in [0.2, 0.25) is 0 Å². The van der Waals surface area contributed by atoms with Gasteiger partial charge in [0, 0.05) is 19.0 Å². The number of piperidine rings is 1. The van der Waals surface area contributed by atoms with Crippen LogP contribution >= 0.6 is 0 Å².